The number of carbonyl (C=O) groups is 2. The highest BCUT2D eigenvalue weighted by molar-refractivity contribution is 7.16. The largest absolute Gasteiger partial charge is 0.423 e. The second kappa shape index (κ2) is 7.78. The Morgan fingerprint density at radius 3 is 2.60 bits per heavy atom. The van der Waals surface area contributed by atoms with E-state index in [4.69, 9.17) is 16.3 Å². The molecule has 1 aliphatic heterocycles. The van der Waals surface area contributed by atoms with Gasteiger partial charge in [0.25, 0.3) is 5.91 Å². The third-order valence-corrected chi connectivity index (χ3v) is 7.02. The zero-order valence-electron chi connectivity index (χ0n) is 16.0. The van der Waals surface area contributed by atoms with Crippen LogP contribution in [0.4, 0.5) is 5.00 Å². The minimum absolute atomic E-state index is 0.0256. The van der Waals surface area contributed by atoms with E-state index < -0.39 is 5.97 Å². The van der Waals surface area contributed by atoms with Gasteiger partial charge in [0.15, 0.2) is 0 Å². The number of hydrogen-bond acceptors (Lipinski definition) is 5. The van der Waals surface area contributed by atoms with Gasteiger partial charge in [0.2, 0.25) is 0 Å². The van der Waals surface area contributed by atoms with Gasteiger partial charge >= 0.3 is 5.97 Å². The van der Waals surface area contributed by atoms with E-state index in [1.54, 1.807) is 47.7 Å². The van der Waals surface area contributed by atoms with E-state index in [0.29, 0.717) is 16.3 Å². The maximum absolute atomic E-state index is 12.8. The maximum atomic E-state index is 12.8. The second-order valence-electron chi connectivity index (χ2n) is 7.40. The van der Waals surface area contributed by atoms with Gasteiger partial charge in [-0.1, -0.05) is 35.9 Å². The average molecular weight is 439 g/mol. The lowest BCUT2D eigenvalue weighted by molar-refractivity contribution is 0.0734. The molecule has 1 amide bonds. The number of carbonyl (C=O) groups excluding carboxylic acids is 2. The summed E-state index contributed by atoms with van der Waals surface area (Å²) < 4.78 is 5.43. The lowest BCUT2D eigenvalue weighted by atomic mass is 9.94. The molecule has 5 nitrogen and oxygen atoms in total. The number of fused-ring (bicyclic) bond motifs is 3. The fourth-order valence-corrected chi connectivity index (χ4v) is 5.49. The molecule has 2 aliphatic rings. The van der Waals surface area contributed by atoms with E-state index in [9.17, 15) is 9.59 Å². The van der Waals surface area contributed by atoms with Crippen LogP contribution in [-0.4, -0.2) is 11.9 Å². The Hall–Kier alpha value is -2.83. The molecule has 2 N–H and O–H groups in total. The highest BCUT2D eigenvalue weighted by atomic mass is 35.5. The average Bonchev–Trinajstić information content (AvgIpc) is 3.13. The van der Waals surface area contributed by atoms with Crippen molar-refractivity contribution in [1.82, 2.24) is 5.32 Å². The molecule has 5 rings (SSSR count). The predicted molar refractivity (Wildman–Crippen MR) is 118 cm³/mol. The first-order chi connectivity index (χ1) is 14.6. The number of esters is 1. The monoisotopic (exact) mass is 438 g/mol. The molecule has 0 spiro atoms. The number of hydrogen-bond donors (Lipinski definition) is 2. The van der Waals surface area contributed by atoms with E-state index in [2.05, 4.69) is 10.6 Å². The van der Waals surface area contributed by atoms with Crippen LogP contribution < -0.4 is 15.4 Å². The molecule has 1 aromatic heterocycles. The second-order valence-corrected chi connectivity index (χ2v) is 8.92. The Bertz CT molecular complexity index is 1140. The fourth-order valence-electron chi connectivity index (χ4n) is 3.96. The summed E-state index contributed by atoms with van der Waals surface area (Å²) in [5, 5.41) is 7.80. The Kier molecular flexibility index (Phi) is 4.97. The molecule has 152 valence electrons. The van der Waals surface area contributed by atoms with E-state index in [0.717, 1.165) is 35.4 Å². The number of halogens is 1. The molecule has 0 radical (unpaired) electrons. The summed E-state index contributed by atoms with van der Waals surface area (Å²) in [5.74, 6) is -0.119. The Morgan fingerprint density at radius 1 is 1.03 bits per heavy atom. The standard InChI is InChI=1S/C23H19ClN2O3S/c24-17-7-3-1-5-15(17)23(28)29-14-11-9-13(10-12-14)20-25-21(27)19-16-6-2-4-8-18(16)30-22(19)26-20/h1,3,5,7,9-12,20,26H,2,4,6,8H2,(H,25,27). The van der Waals surface area contributed by atoms with Crippen LogP contribution in [0, 0.1) is 0 Å². The van der Waals surface area contributed by atoms with Gasteiger partial charge in [0.1, 0.15) is 16.9 Å². The minimum atomic E-state index is -0.508. The Labute approximate surface area is 183 Å². The van der Waals surface area contributed by atoms with Crippen molar-refractivity contribution in [2.75, 3.05) is 5.32 Å². The SMILES string of the molecule is O=C(Oc1ccc(C2NC(=O)c3c(sc4c3CCCC4)N2)cc1)c1ccccc1Cl. The third kappa shape index (κ3) is 3.46. The summed E-state index contributed by atoms with van der Waals surface area (Å²) >= 11 is 7.75. The topological polar surface area (TPSA) is 67.4 Å². The summed E-state index contributed by atoms with van der Waals surface area (Å²) in [7, 11) is 0. The molecule has 30 heavy (non-hydrogen) atoms. The quantitative estimate of drug-likeness (QED) is 0.427. The first kappa shape index (κ1) is 19.2. The predicted octanol–water partition coefficient (Wildman–Crippen LogP) is 5.35. The highest BCUT2D eigenvalue weighted by Gasteiger charge is 2.31. The molecule has 0 saturated carbocycles. The fraction of sp³-hybridized carbons (Fsp3) is 0.217. The smallest absolute Gasteiger partial charge is 0.345 e. The van der Waals surface area contributed by atoms with Crippen LogP contribution >= 0.6 is 22.9 Å². The number of nitrogens with one attached hydrogen (secondary N) is 2. The third-order valence-electron chi connectivity index (χ3n) is 5.47. The zero-order valence-corrected chi connectivity index (χ0v) is 17.6. The number of thiophene rings is 1. The first-order valence-electron chi connectivity index (χ1n) is 9.89. The number of amides is 1. The van der Waals surface area contributed by atoms with Crippen molar-refractivity contribution >= 4 is 39.8 Å². The molecular formula is C23H19ClN2O3S. The van der Waals surface area contributed by atoms with Gasteiger partial charge in [-0.3, -0.25) is 4.79 Å². The molecule has 7 heteroatoms. The summed E-state index contributed by atoms with van der Waals surface area (Å²) in [4.78, 5) is 26.4. The van der Waals surface area contributed by atoms with Crippen LogP contribution in [0.3, 0.4) is 0 Å². The lowest BCUT2D eigenvalue weighted by Crippen LogP contribution is -2.38. The van der Waals surface area contributed by atoms with Crippen LogP contribution in [0.25, 0.3) is 0 Å². The normalized spacial score (nSPS) is 17.4. The van der Waals surface area contributed by atoms with E-state index in [1.807, 2.05) is 12.1 Å². The van der Waals surface area contributed by atoms with E-state index in [1.165, 1.54) is 16.9 Å². The molecular weight excluding hydrogens is 420 g/mol. The molecule has 1 unspecified atom stereocenters. The maximum Gasteiger partial charge on any atom is 0.345 e. The first-order valence-corrected chi connectivity index (χ1v) is 11.1. The van der Waals surface area contributed by atoms with Crippen LogP contribution in [0.2, 0.25) is 5.02 Å². The van der Waals surface area contributed by atoms with Gasteiger partial charge in [-0.05, 0) is 61.1 Å². The Balaban J connectivity index is 1.33. The molecule has 0 saturated heterocycles. The summed E-state index contributed by atoms with van der Waals surface area (Å²) in [6.07, 6.45) is 4.04. The van der Waals surface area contributed by atoms with Gasteiger partial charge in [-0.25, -0.2) is 4.79 Å². The van der Waals surface area contributed by atoms with E-state index in [-0.39, 0.29) is 12.1 Å². The van der Waals surface area contributed by atoms with Crippen molar-refractivity contribution in [3.63, 3.8) is 0 Å². The number of ether oxygens (including phenoxy) is 1. The van der Waals surface area contributed by atoms with E-state index >= 15 is 0 Å². The van der Waals surface area contributed by atoms with Crippen molar-refractivity contribution in [1.29, 1.82) is 0 Å². The van der Waals surface area contributed by atoms with Crippen molar-refractivity contribution in [2.45, 2.75) is 31.8 Å². The Morgan fingerprint density at radius 2 is 1.80 bits per heavy atom. The molecule has 1 aliphatic carbocycles. The minimum Gasteiger partial charge on any atom is -0.423 e. The molecule has 2 heterocycles. The summed E-state index contributed by atoms with van der Waals surface area (Å²) in [5.41, 5.74) is 3.24. The van der Waals surface area contributed by atoms with Gasteiger partial charge in [-0.15, -0.1) is 11.3 Å². The van der Waals surface area contributed by atoms with Gasteiger partial charge in [-0.2, -0.15) is 0 Å². The van der Waals surface area contributed by atoms with Crippen LogP contribution in [-0.2, 0) is 12.8 Å². The summed E-state index contributed by atoms with van der Waals surface area (Å²) in [6, 6.07) is 13.9. The molecule has 0 fully saturated rings. The van der Waals surface area contributed by atoms with Crippen LogP contribution in [0.1, 0.15) is 55.7 Å². The van der Waals surface area contributed by atoms with Crippen molar-refractivity contribution in [3.05, 3.63) is 80.7 Å². The van der Waals surface area contributed by atoms with Gasteiger partial charge in [0, 0.05) is 4.88 Å². The highest BCUT2D eigenvalue weighted by Crippen LogP contribution is 2.41. The number of aryl methyl sites for hydroxylation is 1. The number of rotatable bonds is 3. The van der Waals surface area contributed by atoms with Gasteiger partial charge in [0.05, 0.1) is 16.1 Å². The lowest BCUT2D eigenvalue weighted by Gasteiger charge is -2.27. The van der Waals surface area contributed by atoms with Crippen molar-refractivity contribution in [3.8, 4) is 5.75 Å². The van der Waals surface area contributed by atoms with Crippen molar-refractivity contribution in [2.24, 2.45) is 0 Å². The van der Waals surface area contributed by atoms with Crippen LogP contribution in [0.15, 0.2) is 48.5 Å². The summed E-state index contributed by atoms with van der Waals surface area (Å²) in [6.45, 7) is 0. The molecule has 0 bridgehead atoms. The number of anilines is 1. The van der Waals surface area contributed by atoms with Crippen molar-refractivity contribution < 1.29 is 14.3 Å². The zero-order chi connectivity index (χ0) is 20.7. The molecule has 1 atom stereocenters. The molecule has 2 aromatic carbocycles. The van der Waals surface area contributed by atoms with Crippen LogP contribution in [0.5, 0.6) is 5.75 Å². The molecule has 3 aromatic rings. The van der Waals surface area contributed by atoms with Gasteiger partial charge < -0.3 is 15.4 Å². The number of benzene rings is 2.